The third-order valence-corrected chi connectivity index (χ3v) is 1.63. The van der Waals surface area contributed by atoms with Crippen LogP contribution in [-0.2, 0) is 9.47 Å². The minimum absolute atomic E-state index is 0.0856. The van der Waals surface area contributed by atoms with Crippen LogP contribution in [0.5, 0.6) is 0 Å². The zero-order valence-corrected chi connectivity index (χ0v) is 6.81. The van der Waals surface area contributed by atoms with Crippen LogP contribution >= 0.6 is 0 Å². The summed E-state index contributed by atoms with van der Waals surface area (Å²) in [5, 5.41) is 0. The number of hydrogen-bond donors (Lipinski definition) is 0. The number of hydrogen-bond acceptors (Lipinski definition) is 2. The molecule has 58 valence electrons. The lowest BCUT2D eigenvalue weighted by Gasteiger charge is -2.17. The minimum atomic E-state index is -0.185. The first-order chi connectivity index (χ1) is 4.55. The van der Waals surface area contributed by atoms with E-state index in [1.807, 2.05) is 13.8 Å². The molecule has 0 aromatic rings. The molecular formula is C8H14O2. The highest BCUT2D eigenvalue weighted by Crippen LogP contribution is 2.32. The van der Waals surface area contributed by atoms with E-state index in [4.69, 9.17) is 9.47 Å². The lowest BCUT2D eigenvalue weighted by atomic mass is 10.0. The van der Waals surface area contributed by atoms with E-state index >= 15 is 0 Å². The van der Waals surface area contributed by atoms with E-state index in [0.29, 0.717) is 0 Å². The van der Waals surface area contributed by atoms with Crippen LogP contribution in [0.15, 0.2) is 12.2 Å². The molecule has 0 radical (unpaired) electrons. The molecule has 0 N–H and O–H groups in total. The van der Waals surface area contributed by atoms with E-state index in [1.54, 1.807) is 7.11 Å². The Kier molecular flexibility index (Phi) is 1.84. The Morgan fingerprint density at radius 1 is 1.70 bits per heavy atom. The van der Waals surface area contributed by atoms with Crippen molar-refractivity contribution >= 4 is 0 Å². The number of methoxy groups -OCH3 is 1. The van der Waals surface area contributed by atoms with E-state index in [0.717, 1.165) is 12.0 Å². The Bertz CT molecular complexity index is 149. The van der Waals surface area contributed by atoms with Crippen LogP contribution in [0.3, 0.4) is 0 Å². The van der Waals surface area contributed by atoms with Gasteiger partial charge >= 0.3 is 0 Å². The first kappa shape index (κ1) is 7.76. The highest BCUT2D eigenvalue weighted by atomic mass is 16.7. The van der Waals surface area contributed by atoms with Gasteiger partial charge in [-0.1, -0.05) is 6.58 Å². The van der Waals surface area contributed by atoms with E-state index in [-0.39, 0.29) is 11.9 Å². The maximum Gasteiger partial charge on any atom is 0.179 e. The zero-order valence-electron chi connectivity index (χ0n) is 6.81. The maximum absolute atomic E-state index is 5.49. The van der Waals surface area contributed by atoms with E-state index in [9.17, 15) is 0 Å². The van der Waals surface area contributed by atoms with E-state index < -0.39 is 0 Å². The van der Waals surface area contributed by atoms with E-state index in [1.165, 1.54) is 0 Å². The molecular weight excluding hydrogens is 128 g/mol. The lowest BCUT2D eigenvalue weighted by molar-refractivity contribution is -0.131. The van der Waals surface area contributed by atoms with Crippen LogP contribution in [0.1, 0.15) is 20.3 Å². The molecule has 10 heavy (non-hydrogen) atoms. The average molecular weight is 142 g/mol. The second-order valence-electron chi connectivity index (χ2n) is 3.28. The highest BCUT2D eigenvalue weighted by Gasteiger charge is 2.34. The monoisotopic (exact) mass is 142 g/mol. The maximum atomic E-state index is 5.49. The molecule has 1 aliphatic rings. The normalized spacial score (nSPS) is 31.1. The predicted octanol–water partition coefficient (Wildman–Crippen LogP) is 1.71. The van der Waals surface area contributed by atoms with Gasteiger partial charge < -0.3 is 9.47 Å². The molecule has 0 aliphatic carbocycles. The van der Waals surface area contributed by atoms with Crippen LogP contribution < -0.4 is 0 Å². The molecule has 1 unspecified atom stereocenters. The molecule has 2 nitrogen and oxygen atoms in total. The predicted molar refractivity (Wildman–Crippen MR) is 39.7 cm³/mol. The Hall–Kier alpha value is -0.340. The second kappa shape index (κ2) is 2.36. The van der Waals surface area contributed by atoms with Crippen LogP contribution in [0, 0.1) is 0 Å². The van der Waals surface area contributed by atoms with Crippen molar-refractivity contribution in [1.29, 1.82) is 0 Å². The molecule has 0 saturated carbocycles. The Labute approximate surface area is 61.8 Å². The molecule has 0 spiro atoms. The van der Waals surface area contributed by atoms with Gasteiger partial charge in [0, 0.05) is 13.5 Å². The fourth-order valence-electron chi connectivity index (χ4n) is 1.26. The number of ether oxygens (including phenoxy) is 2. The van der Waals surface area contributed by atoms with Gasteiger partial charge in [-0.05, 0) is 19.4 Å². The quantitative estimate of drug-likeness (QED) is 0.519. The second-order valence-corrected chi connectivity index (χ2v) is 3.28. The van der Waals surface area contributed by atoms with Crippen molar-refractivity contribution in [2.24, 2.45) is 0 Å². The summed E-state index contributed by atoms with van der Waals surface area (Å²) in [6.45, 7) is 7.93. The summed E-state index contributed by atoms with van der Waals surface area (Å²) < 4.78 is 10.5. The van der Waals surface area contributed by atoms with Gasteiger partial charge in [-0.15, -0.1) is 0 Å². The van der Waals surface area contributed by atoms with Crippen LogP contribution in [0.2, 0.25) is 0 Å². The summed E-state index contributed by atoms with van der Waals surface area (Å²) >= 11 is 0. The van der Waals surface area contributed by atoms with Crippen molar-refractivity contribution in [3.05, 3.63) is 12.2 Å². The van der Waals surface area contributed by atoms with E-state index in [2.05, 4.69) is 6.58 Å². The molecule has 1 fully saturated rings. The van der Waals surface area contributed by atoms with Crippen molar-refractivity contribution in [2.75, 3.05) is 7.11 Å². The first-order valence-electron chi connectivity index (χ1n) is 3.43. The Morgan fingerprint density at radius 2 is 2.30 bits per heavy atom. The van der Waals surface area contributed by atoms with Gasteiger partial charge in [-0.2, -0.15) is 0 Å². The average Bonchev–Trinajstić information content (AvgIpc) is 2.05. The summed E-state index contributed by atoms with van der Waals surface area (Å²) in [6, 6.07) is 0. The van der Waals surface area contributed by atoms with Crippen molar-refractivity contribution in [1.82, 2.24) is 0 Å². The van der Waals surface area contributed by atoms with Crippen molar-refractivity contribution in [3.63, 3.8) is 0 Å². The third kappa shape index (κ3) is 1.39. The molecule has 0 aromatic carbocycles. The van der Waals surface area contributed by atoms with Gasteiger partial charge in [-0.25, -0.2) is 0 Å². The molecule has 0 aromatic heterocycles. The summed E-state index contributed by atoms with van der Waals surface area (Å²) in [5.74, 6) is 0. The Morgan fingerprint density at radius 3 is 2.50 bits per heavy atom. The van der Waals surface area contributed by atoms with Gasteiger partial charge in [0.05, 0.1) is 5.60 Å². The van der Waals surface area contributed by atoms with Gasteiger partial charge in [0.2, 0.25) is 0 Å². The standard InChI is InChI=1S/C8H14O2/c1-6-5-8(2,3)10-7(6)9-4/h7H,1,5H2,2-4H3. The summed E-state index contributed by atoms with van der Waals surface area (Å²) in [7, 11) is 1.64. The van der Waals surface area contributed by atoms with Gasteiger partial charge in [0.25, 0.3) is 0 Å². The minimum Gasteiger partial charge on any atom is -0.352 e. The molecule has 1 aliphatic heterocycles. The first-order valence-corrected chi connectivity index (χ1v) is 3.43. The SMILES string of the molecule is C=C1CC(C)(C)OC1OC. The van der Waals surface area contributed by atoms with Crippen LogP contribution in [0.4, 0.5) is 0 Å². The molecule has 1 atom stereocenters. The topological polar surface area (TPSA) is 18.5 Å². The van der Waals surface area contributed by atoms with Gasteiger partial charge in [-0.3, -0.25) is 0 Å². The smallest absolute Gasteiger partial charge is 0.179 e. The van der Waals surface area contributed by atoms with Crippen LogP contribution in [-0.4, -0.2) is 19.0 Å². The van der Waals surface area contributed by atoms with Gasteiger partial charge in [0.15, 0.2) is 6.29 Å². The molecule has 2 heteroatoms. The Balaban J connectivity index is 2.61. The third-order valence-electron chi connectivity index (χ3n) is 1.63. The lowest BCUT2D eigenvalue weighted by Crippen LogP contribution is -2.20. The van der Waals surface area contributed by atoms with Crippen molar-refractivity contribution in [2.45, 2.75) is 32.2 Å². The number of rotatable bonds is 1. The van der Waals surface area contributed by atoms with Crippen LogP contribution in [0.25, 0.3) is 0 Å². The summed E-state index contributed by atoms with van der Waals surface area (Å²) in [4.78, 5) is 0. The molecule has 0 amide bonds. The van der Waals surface area contributed by atoms with Crippen molar-refractivity contribution in [3.8, 4) is 0 Å². The fraction of sp³-hybridized carbons (Fsp3) is 0.750. The molecule has 1 rings (SSSR count). The highest BCUT2D eigenvalue weighted by molar-refractivity contribution is 5.08. The fourth-order valence-corrected chi connectivity index (χ4v) is 1.26. The van der Waals surface area contributed by atoms with Gasteiger partial charge in [0.1, 0.15) is 0 Å². The summed E-state index contributed by atoms with van der Waals surface area (Å²) in [6.07, 6.45) is 0.709. The molecule has 0 bridgehead atoms. The largest absolute Gasteiger partial charge is 0.352 e. The summed E-state index contributed by atoms with van der Waals surface area (Å²) in [5.41, 5.74) is 0.949. The zero-order chi connectivity index (χ0) is 7.78. The van der Waals surface area contributed by atoms with Crippen molar-refractivity contribution < 1.29 is 9.47 Å². The molecule has 1 saturated heterocycles. The molecule has 1 heterocycles.